The Hall–Kier alpha value is -0.600. The molecule has 2 heteroatoms. The first-order chi connectivity index (χ1) is 11.3. The Morgan fingerprint density at radius 3 is 1.62 bits per heavy atom. The zero-order chi connectivity index (χ0) is 17.9. The minimum absolute atomic E-state index is 0.273. The monoisotopic (exact) mass is 333 g/mol. The van der Waals surface area contributed by atoms with Gasteiger partial charge in [0.15, 0.2) is 0 Å². The summed E-state index contributed by atoms with van der Waals surface area (Å²) in [6.45, 7) is 17.5. The molecule has 0 fully saturated rings. The molecule has 138 valence electrons. The average molecular weight is 334 g/mol. The summed E-state index contributed by atoms with van der Waals surface area (Å²) in [5.41, 5.74) is 3.10. The van der Waals surface area contributed by atoms with E-state index in [2.05, 4.69) is 58.6 Å². The molecule has 0 radical (unpaired) electrons. The van der Waals surface area contributed by atoms with E-state index in [0.717, 1.165) is 31.5 Å². The van der Waals surface area contributed by atoms with Crippen LogP contribution < -0.4 is 0 Å². The van der Waals surface area contributed by atoms with E-state index in [9.17, 15) is 5.11 Å². The Labute approximate surface area is 150 Å². The second-order valence-corrected chi connectivity index (χ2v) is 8.92. The topological polar surface area (TPSA) is 23.5 Å². The number of allylic oxidation sites excluding steroid dienone is 4. The highest BCUT2D eigenvalue weighted by molar-refractivity contribution is 5.10. The number of hydrogen-bond donors (Lipinski definition) is 1. The van der Waals surface area contributed by atoms with E-state index in [-0.39, 0.29) is 6.61 Å². The predicted molar refractivity (Wildman–Crippen MR) is 104 cm³/mol. The van der Waals surface area contributed by atoms with Gasteiger partial charge in [0.2, 0.25) is 0 Å². The Morgan fingerprint density at radius 1 is 0.875 bits per heavy atom. The van der Waals surface area contributed by atoms with Crippen molar-refractivity contribution in [1.29, 1.82) is 0 Å². The van der Waals surface area contributed by atoms with Crippen molar-refractivity contribution in [2.45, 2.75) is 54.4 Å². The third-order valence-electron chi connectivity index (χ3n) is 6.55. The summed E-state index contributed by atoms with van der Waals surface area (Å²) in [5, 5.41) is 9.58. The molecule has 0 aliphatic heterocycles. The summed E-state index contributed by atoms with van der Waals surface area (Å²) < 4.78 is 0. The minimum Gasteiger partial charge on any atom is -0.395 e. The smallest absolute Gasteiger partial charge is 0.0558 e. The van der Waals surface area contributed by atoms with Gasteiger partial charge in [-0.2, -0.15) is 0 Å². The summed E-state index contributed by atoms with van der Waals surface area (Å²) in [7, 11) is 0. The van der Waals surface area contributed by atoms with Gasteiger partial charge in [-0.15, -0.1) is 0 Å². The first-order valence-electron chi connectivity index (χ1n) is 9.99. The zero-order valence-corrected chi connectivity index (χ0v) is 16.8. The van der Waals surface area contributed by atoms with Gasteiger partial charge in [0.05, 0.1) is 6.61 Å². The van der Waals surface area contributed by atoms with Gasteiger partial charge in [0.1, 0.15) is 0 Å². The van der Waals surface area contributed by atoms with Gasteiger partial charge in [0, 0.05) is 19.6 Å². The maximum absolute atomic E-state index is 9.58. The first-order valence-corrected chi connectivity index (χ1v) is 9.99. The van der Waals surface area contributed by atoms with Gasteiger partial charge in [-0.25, -0.2) is 0 Å². The molecule has 0 amide bonds. The molecule has 2 rings (SSSR count). The lowest BCUT2D eigenvalue weighted by Crippen LogP contribution is -2.43. The highest BCUT2D eigenvalue weighted by atomic mass is 16.3. The third-order valence-corrected chi connectivity index (χ3v) is 6.55. The Bertz CT molecular complexity index is 427. The lowest BCUT2D eigenvalue weighted by Gasteiger charge is -2.41. The summed E-state index contributed by atoms with van der Waals surface area (Å²) in [5.74, 6) is 4.22. The molecule has 24 heavy (non-hydrogen) atoms. The molecule has 0 heterocycles. The molecule has 0 saturated carbocycles. The number of hydrogen-bond acceptors (Lipinski definition) is 2. The largest absolute Gasteiger partial charge is 0.395 e. The van der Waals surface area contributed by atoms with Crippen molar-refractivity contribution in [3.63, 3.8) is 0 Å². The molecular weight excluding hydrogens is 294 g/mol. The molecule has 0 aromatic heterocycles. The van der Waals surface area contributed by atoms with Crippen LogP contribution in [-0.4, -0.2) is 36.2 Å². The van der Waals surface area contributed by atoms with Crippen LogP contribution in [0.15, 0.2) is 23.3 Å². The maximum Gasteiger partial charge on any atom is 0.0558 e. The van der Waals surface area contributed by atoms with Crippen molar-refractivity contribution in [2.24, 2.45) is 35.5 Å². The predicted octanol–water partition coefficient (Wildman–Crippen LogP) is 4.76. The zero-order valence-electron chi connectivity index (χ0n) is 16.8. The van der Waals surface area contributed by atoms with Crippen LogP contribution in [0.25, 0.3) is 0 Å². The van der Waals surface area contributed by atoms with Crippen LogP contribution in [0.1, 0.15) is 54.4 Å². The van der Waals surface area contributed by atoms with Crippen LogP contribution in [0.2, 0.25) is 0 Å². The van der Waals surface area contributed by atoms with Gasteiger partial charge in [-0.3, -0.25) is 0 Å². The van der Waals surface area contributed by atoms with Crippen molar-refractivity contribution >= 4 is 0 Å². The van der Waals surface area contributed by atoms with E-state index in [1.807, 2.05) is 0 Å². The number of aliphatic hydroxyl groups is 1. The summed E-state index contributed by atoms with van der Waals surface area (Å²) in [6.07, 6.45) is 7.42. The van der Waals surface area contributed by atoms with Crippen LogP contribution in [0.5, 0.6) is 0 Å². The van der Waals surface area contributed by atoms with E-state index in [4.69, 9.17) is 0 Å². The van der Waals surface area contributed by atoms with Crippen molar-refractivity contribution < 1.29 is 5.11 Å². The van der Waals surface area contributed by atoms with Gasteiger partial charge >= 0.3 is 0 Å². The number of aliphatic hydroxyl groups excluding tert-OH is 1. The van der Waals surface area contributed by atoms with E-state index >= 15 is 0 Å². The van der Waals surface area contributed by atoms with Crippen LogP contribution in [-0.2, 0) is 0 Å². The first kappa shape index (κ1) is 19.7. The molecule has 0 bridgehead atoms. The quantitative estimate of drug-likeness (QED) is 0.709. The summed E-state index contributed by atoms with van der Waals surface area (Å²) >= 11 is 0. The molecule has 0 unspecified atom stereocenters. The molecule has 0 aromatic rings. The van der Waals surface area contributed by atoms with E-state index in [1.54, 1.807) is 11.1 Å². The van der Waals surface area contributed by atoms with Gasteiger partial charge in [-0.05, 0) is 62.2 Å². The molecular formula is C22H39NO. The van der Waals surface area contributed by atoms with E-state index in [1.165, 1.54) is 12.8 Å². The molecule has 0 spiro atoms. The molecule has 2 aliphatic carbocycles. The van der Waals surface area contributed by atoms with Gasteiger partial charge < -0.3 is 10.0 Å². The van der Waals surface area contributed by atoms with Crippen LogP contribution in [0, 0.1) is 35.5 Å². The highest BCUT2D eigenvalue weighted by Gasteiger charge is 2.32. The lowest BCUT2D eigenvalue weighted by molar-refractivity contribution is 0.0960. The summed E-state index contributed by atoms with van der Waals surface area (Å²) in [4.78, 5) is 2.55. The second-order valence-electron chi connectivity index (χ2n) is 8.92. The molecule has 2 aliphatic rings. The Morgan fingerprint density at radius 2 is 1.29 bits per heavy atom. The van der Waals surface area contributed by atoms with Crippen molar-refractivity contribution in [3.8, 4) is 0 Å². The normalized spacial score (nSPS) is 37.3. The van der Waals surface area contributed by atoms with E-state index < -0.39 is 0 Å². The lowest BCUT2D eigenvalue weighted by atomic mass is 9.73. The van der Waals surface area contributed by atoms with Gasteiger partial charge in [-0.1, -0.05) is 51.0 Å². The second kappa shape index (κ2) is 8.67. The van der Waals surface area contributed by atoms with E-state index in [0.29, 0.717) is 23.7 Å². The number of rotatable bonds is 6. The Balaban J connectivity index is 2.04. The van der Waals surface area contributed by atoms with Crippen molar-refractivity contribution in [1.82, 2.24) is 4.90 Å². The van der Waals surface area contributed by atoms with Gasteiger partial charge in [0.25, 0.3) is 0 Å². The fraction of sp³-hybridized carbons (Fsp3) is 0.818. The van der Waals surface area contributed by atoms with Crippen molar-refractivity contribution in [2.75, 3.05) is 26.2 Å². The summed E-state index contributed by atoms with van der Waals surface area (Å²) in [6, 6.07) is 0. The van der Waals surface area contributed by atoms with Crippen LogP contribution in [0.4, 0.5) is 0 Å². The van der Waals surface area contributed by atoms with Crippen molar-refractivity contribution in [3.05, 3.63) is 23.3 Å². The fourth-order valence-corrected chi connectivity index (χ4v) is 5.32. The molecule has 0 aromatic carbocycles. The molecule has 0 saturated heterocycles. The Kier molecular flexibility index (Phi) is 7.12. The fourth-order valence-electron chi connectivity index (χ4n) is 5.32. The highest BCUT2D eigenvalue weighted by Crippen LogP contribution is 2.36. The number of nitrogens with zero attached hydrogens (tertiary/aromatic N) is 1. The standard InChI is InChI=1S/C22H39NO/c1-15-9-17(3)21(18(4)10-15)13-23(7-8-24)14-22-19(5)11-16(2)12-20(22)6/h9,11,17-22,24H,7-8,10,12-14H2,1-6H3/t17-,18+,19+,20-,21-,22-/m0/s1. The average Bonchev–Trinajstić information content (AvgIpc) is 2.46. The SMILES string of the molecule is CC1=C[C@H](C)[C@H](CN(CCO)C[C@H]2[C@H](C)C=C(C)C[C@@H]2C)[C@H](C)C1. The molecule has 6 atom stereocenters. The third kappa shape index (κ3) is 4.95. The maximum atomic E-state index is 9.58. The molecule has 1 N–H and O–H groups in total. The minimum atomic E-state index is 0.273. The van der Waals surface area contributed by atoms with Crippen LogP contribution in [0.3, 0.4) is 0 Å². The van der Waals surface area contributed by atoms with Crippen LogP contribution >= 0.6 is 0 Å². The molecule has 2 nitrogen and oxygen atoms in total.